The lowest BCUT2D eigenvalue weighted by Gasteiger charge is -1.99. The molecule has 0 unspecified atom stereocenters. The Balaban J connectivity index is 2.29. The molecule has 0 aliphatic heterocycles. The van der Waals surface area contributed by atoms with Gasteiger partial charge in [-0.15, -0.1) is 0 Å². The molecule has 0 saturated carbocycles. The zero-order chi connectivity index (χ0) is 9.97. The van der Waals surface area contributed by atoms with Crippen molar-refractivity contribution in [3.05, 3.63) is 24.5 Å². The number of carbonyl (C=O) groups is 1. The highest BCUT2D eigenvalue weighted by atomic mass is 16.4. The van der Waals surface area contributed by atoms with Crippen LogP contribution in [0.25, 0.3) is 11.0 Å². The summed E-state index contributed by atoms with van der Waals surface area (Å²) in [4.78, 5) is 17.4. The van der Waals surface area contributed by atoms with Gasteiger partial charge in [-0.25, -0.2) is 4.98 Å². The Kier molecular flexibility index (Phi) is 2.06. The van der Waals surface area contributed by atoms with Gasteiger partial charge in [-0.1, -0.05) is 0 Å². The van der Waals surface area contributed by atoms with E-state index < -0.39 is 5.97 Å². The zero-order valence-corrected chi connectivity index (χ0v) is 7.32. The molecule has 0 amide bonds. The van der Waals surface area contributed by atoms with Crippen LogP contribution in [0.4, 0.5) is 5.69 Å². The second-order valence-electron chi connectivity index (χ2n) is 2.85. The highest BCUT2D eigenvalue weighted by Crippen LogP contribution is 2.20. The minimum Gasteiger partial charge on any atom is -0.480 e. The number of hydrogen-bond donors (Lipinski definition) is 3. The molecule has 5 nitrogen and oxygen atoms in total. The number of pyridine rings is 1. The van der Waals surface area contributed by atoms with Gasteiger partial charge in [-0.3, -0.25) is 4.79 Å². The van der Waals surface area contributed by atoms with E-state index in [1.807, 2.05) is 12.1 Å². The van der Waals surface area contributed by atoms with E-state index >= 15 is 0 Å². The lowest BCUT2D eigenvalue weighted by Crippen LogP contribution is -2.11. The largest absolute Gasteiger partial charge is 0.480 e. The van der Waals surface area contributed by atoms with Crippen LogP contribution in [-0.2, 0) is 4.79 Å². The summed E-state index contributed by atoms with van der Waals surface area (Å²) in [7, 11) is 0. The molecule has 2 aromatic rings. The molecule has 0 bridgehead atoms. The number of carboxylic acids is 1. The summed E-state index contributed by atoms with van der Waals surface area (Å²) in [6.07, 6.45) is 3.39. The minimum atomic E-state index is -0.886. The Morgan fingerprint density at radius 2 is 2.50 bits per heavy atom. The first kappa shape index (κ1) is 8.55. The lowest BCUT2D eigenvalue weighted by molar-refractivity contribution is -0.134. The topological polar surface area (TPSA) is 78.0 Å². The number of hydrogen-bond acceptors (Lipinski definition) is 3. The third-order valence-corrected chi connectivity index (χ3v) is 1.88. The SMILES string of the molecule is O=C(O)CNc1c[nH]c2ncccc12. The number of aromatic amines is 1. The molecule has 3 N–H and O–H groups in total. The first-order valence-corrected chi connectivity index (χ1v) is 4.15. The summed E-state index contributed by atoms with van der Waals surface area (Å²) in [6.45, 7) is -0.0954. The summed E-state index contributed by atoms with van der Waals surface area (Å²) in [5, 5.41) is 12.2. The summed E-state index contributed by atoms with van der Waals surface area (Å²) >= 11 is 0. The number of nitrogens with one attached hydrogen (secondary N) is 2. The molecule has 2 rings (SSSR count). The molecule has 0 radical (unpaired) electrons. The third kappa shape index (κ3) is 1.52. The predicted molar refractivity (Wildman–Crippen MR) is 52.2 cm³/mol. The van der Waals surface area contributed by atoms with Gasteiger partial charge in [0.1, 0.15) is 12.2 Å². The summed E-state index contributed by atoms with van der Waals surface area (Å²) < 4.78 is 0. The standard InChI is InChI=1S/C9H9N3O2/c13-8(14)5-11-7-4-12-9-6(7)2-1-3-10-9/h1-4,11H,5H2,(H,10,12)(H,13,14). The number of fused-ring (bicyclic) bond motifs is 1. The van der Waals surface area contributed by atoms with E-state index in [1.54, 1.807) is 12.4 Å². The van der Waals surface area contributed by atoms with Crippen LogP contribution in [0.5, 0.6) is 0 Å². The molecule has 2 aromatic heterocycles. The molecule has 0 atom stereocenters. The van der Waals surface area contributed by atoms with E-state index in [-0.39, 0.29) is 6.54 Å². The molecular formula is C9H9N3O2. The summed E-state index contributed by atoms with van der Waals surface area (Å²) in [5.74, 6) is -0.886. The minimum absolute atomic E-state index is 0.0954. The fraction of sp³-hybridized carbons (Fsp3) is 0.111. The van der Waals surface area contributed by atoms with E-state index in [0.29, 0.717) is 0 Å². The van der Waals surface area contributed by atoms with Crippen molar-refractivity contribution in [2.45, 2.75) is 0 Å². The van der Waals surface area contributed by atoms with Crippen LogP contribution in [0.2, 0.25) is 0 Å². The van der Waals surface area contributed by atoms with Crippen LogP contribution in [0, 0.1) is 0 Å². The fourth-order valence-electron chi connectivity index (χ4n) is 1.27. The second kappa shape index (κ2) is 3.37. The predicted octanol–water partition coefficient (Wildman–Crippen LogP) is 1.06. The van der Waals surface area contributed by atoms with Crippen molar-refractivity contribution >= 4 is 22.7 Å². The monoisotopic (exact) mass is 191 g/mol. The maximum atomic E-state index is 10.3. The molecule has 0 spiro atoms. The van der Waals surface area contributed by atoms with Crippen molar-refractivity contribution < 1.29 is 9.90 Å². The van der Waals surface area contributed by atoms with Crippen LogP contribution in [0.3, 0.4) is 0 Å². The smallest absolute Gasteiger partial charge is 0.322 e. The van der Waals surface area contributed by atoms with Gasteiger partial charge in [0.25, 0.3) is 0 Å². The average Bonchev–Trinajstić information content (AvgIpc) is 2.58. The number of carboxylic acid groups (broad SMARTS) is 1. The Bertz CT molecular complexity index is 464. The van der Waals surface area contributed by atoms with Crippen molar-refractivity contribution in [2.24, 2.45) is 0 Å². The van der Waals surface area contributed by atoms with E-state index in [1.165, 1.54) is 0 Å². The van der Waals surface area contributed by atoms with Gasteiger partial charge in [0.15, 0.2) is 0 Å². The summed E-state index contributed by atoms with van der Waals surface area (Å²) in [6, 6.07) is 3.69. The number of aliphatic carboxylic acids is 1. The highest BCUT2D eigenvalue weighted by molar-refractivity contribution is 5.90. The van der Waals surface area contributed by atoms with Gasteiger partial charge in [-0.2, -0.15) is 0 Å². The lowest BCUT2D eigenvalue weighted by atomic mass is 10.3. The van der Waals surface area contributed by atoms with Gasteiger partial charge < -0.3 is 15.4 Å². The van der Waals surface area contributed by atoms with Crippen LogP contribution in [0.15, 0.2) is 24.5 Å². The molecule has 0 aliphatic carbocycles. The van der Waals surface area contributed by atoms with Crippen molar-refractivity contribution in [3.63, 3.8) is 0 Å². The van der Waals surface area contributed by atoms with E-state index in [9.17, 15) is 4.79 Å². The van der Waals surface area contributed by atoms with Gasteiger partial charge in [-0.05, 0) is 12.1 Å². The fourth-order valence-corrected chi connectivity index (χ4v) is 1.27. The molecule has 0 fully saturated rings. The number of anilines is 1. The summed E-state index contributed by atoms with van der Waals surface area (Å²) in [5.41, 5.74) is 1.51. The van der Waals surface area contributed by atoms with Crippen LogP contribution in [-0.4, -0.2) is 27.6 Å². The molecule has 0 saturated heterocycles. The quantitative estimate of drug-likeness (QED) is 0.677. The molecule has 5 heteroatoms. The van der Waals surface area contributed by atoms with Gasteiger partial charge >= 0.3 is 5.97 Å². The average molecular weight is 191 g/mol. The molecule has 0 aromatic carbocycles. The molecule has 0 aliphatic rings. The number of rotatable bonds is 3. The molecule has 72 valence electrons. The first-order valence-electron chi connectivity index (χ1n) is 4.15. The number of H-pyrrole nitrogens is 1. The van der Waals surface area contributed by atoms with Crippen molar-refractivity contribution in [2.75, 3.05) is 11.9 Å². The van der Waals surface area contributed by atoms with Crippen LogP contribution in [0.1, 0.15) is 0 Å². The van der Waals surface area contributed by atoms with Crippen LogP contribution < -0.4 is 5.32 Å². The number of nitrogens with zero attached hydrogens (tertiary/aromatic N) is 1. The Hall–Kier alpha value is -2.04. The van der Waals surface area contributed by atoms with Gasteiger partial charge in [0.2, 0.25) is 0 Å². The number of aromatic nitrogens is 2. The first-order chi connectivity index (χ1) is 6.77. The second-order valence-corrected chi connectivity index (χ2v) is 2.85. The zero-order valence-electron chi connectivity index (χ0n) is 7.32. The maximum absolute atomic E-state index is 10.3. The Morgan fingerprint density at radius 1 is 1.64 bits per heavy atom. The molecule has 2 heterocycles. The van der Waals surface area contributed by atoms with Crippen molar-refractivity contribution in [1.29, 1.82) is 0 Å². The maximum Gasteiger partial charge on any atom is 0.322 e. The molecular weight excluding hydrogens is 182 g/mol. The molecule has 14 heavy (non-hydrogen) atoms. The van der Waals surface area contributed by atoms with E-state index in [0.717, 1.165) is 16.7 Å². The Labute approximate surface area is 79.8 Å². The normalized spacial score (nSPS) is 10.3. The van der Waals surface area contributed by atoms with E-state index in [2.05, 4.69) is 15.3 Å². The van der Waals surface area contributed by atoms with Gasteiger partial charge in [0, 0.05) is 17.8 Å². The van der Waals surface area contributed by atoms with Crippen LogP contribution >= 0.6 is 0 Å². The van der Waals surface area contributed by atoms with Crippen molar-refractivity contribution in [1.82, 2.24) is 9.97 Å². The van der Waals surface area contributed by atoms with E-state index in [4.69, 9.17) is 5.11 Å². The third-order valence-electron chi connectivity index (χ3n) is 1.88. The van der Waals surface area contributed by atoms with Crippen molar-refractivity contribution in [3.8, 4) is 0 Å². The Morgan fingerprint density at radius 3 is 3.29 bits per heavy atom. The highest BCUT2D eigenvalue weighted by Gasteiger charge is 2.03. The van der Waals surface area contributed by atoms with Gasteiger partial charge in [0.05, 0.1) is 5.69 Å².